The van der Waals surface area contributed by atoms with E-state index in [1.165, 1.54) is 6.07 Å². The Bertz CT molecular complexity index is 986. The molecule has 0 bridgehead atoms. The molecule has 2 heterocycles. The molecule has 1 aliphatic rings. The van der Waals surface area contributed by atoms with Gasteiger partial charge in [0.15, 0.2) is 0 Å². The van der Waals surface area contributed by atoms with Crippen molar-refractivity contribution >= 4 is 17.5 Å². The summed E-state index contributed by atoms with van der Waals surface area (Å²) in [6.45, 7) is 0.842. The number of carbonyl (C=O) groups is 2. The predicted molar refractivity (Wildman–Crippen MR) is 95.0 cm³/mol. The Morgan fingerprint density at radius 1 is 1.37 bits per heavy atom. The number of aromatic nitrogens is 3. The largest absolute Gasteiger partial charge is 0.420 e. The Balaban J connectivity index is 1.95. The number of alkyl halides is 5. The lowest BCUT2D eigenvalue weighted by Gasteiger charge is -2.15. The summed E-state index contributed by atoms with van der Waals surface area (Å²) in [6, 6.07) is 2.38. The number of pyridine rings is 1. The molecule has 0 aromatic carbocycles. The Kier molecular flexibility index (Phi) is 5.52. The van der Waals surface area contributed by atoms with Gasteiger partial charge in [0.25, 0.3) is 11.8 Å². The predicted octanol–water partition coefficient (Wildman–Crippen LogP) is 3.39. The van der Waals surface area contributed by atoms with E-state index in [-0.39, 0.29) is 30.8 Å². The monoisotopic (exact) mass is 431 g/mol. The number of hydrogen-bond donors (Lipinski definition) is 2. The van der Waals surface area contributed by atoms with Crippen LogP contribution in [0.2, 0.25) is 0 Å². The van der Waals surface area contributed by atoms with Crippen molar-refractivity contribution in [1.82, 2.24) is 14.8 Å². The van der Waals surface area contributed by atoms with E-state index < -0.39 is 53.2 Å². The third-order valence-corrected chi connectivity index (χ3v) is 4.83. The molecular weight excluding hydrogens is 413 g/mol. The first kappa shape index (κ1) is 21.7. The second-order valence-corrected chi connectivity index (χ2v) is 7.20. The zero-order valence-corrected chi connectivity index (χ0v) is 15.8. The maximum Gasteiger partial charge on any atom is 0.420 e. The average molecular weight is 431 g/mol. The summed E-state index contributed by atoms with van der Waals surface area (Å²) in [5.41, 5.74) is 2.44. The van der Waals surface area contributed by atoms with Gasteiger partial charge in [-0.2, -0.15) is 18.3 Å². The summed E-state index contributed by atoms with van der Waals surface area (Å²) in [6.07, 6.45) is -4.46. The van der Waals surface area contributed by atoms with Gasteiger partial charge < -0.3 is 11.1 Å². The third kappa shape index (κ3) is 4.57. The lowest BCUT2D eigenvalue weighted by atomic mass is 10.1. The molecule has 0 aliphatic heterocycles. The van der Waals surface area contributed by atoms with E-state index in [9.17, 15) is 31.5 Å². The van der Waals surface area contributed by atoms with Gasteiger partial charge >= 0.3 is 6.18 Å². The Morgan fingerprint density at radius 3 is 2.63 bits per heavy atom. The van der Waals surface area contributed by atoms with Crippen molar-refractivity contribution in [2.75, 3.05) is 5.32 Å². The number of hydrogen-bond acceptors (Lipinski definition) is 4. The smallest absolute Gasteiger partial charge is 0.364 e. The summed E-state index contributed by atoms with van der Waals surface area (Å²) in [5, 5.41) is 6.07. The standard InChI is InChI=1S/C18H18F5N5O2/c1-9-13(18(21,22)23)14(28(27-9)8-10-2-4-17(19,20)7-10)16(30)26-11-3-5-25-12(6-11)15(24)29/h3,5-6,10H,2,4,7-8H2,1H3,(H2,24,29)(H,25,26,30). The van der Waals surface area contributed by atoms with Gasteiger partial charge in [-0.05, 0) is 31.4 Å². The maximum atomic E-state index is 13.6. The number of anilines is 1. The minimum absolute atomic E-state index is 0.00488. The van der Waals surface area contributed by atoms with Gasteiger partial charge in [0.2, 0.25) is 5.92 Å². The van der Waals surface area contributed by atoms with Gasteiger partial charge in [0, 0.05) is 31.3 Å². The van der Waals surface area contributed by atoms with Crippen LogP contribution in [0.4, 0.5) is 27.6 Å². The highest BCUT2D eigenvalue weighted by molar-refractivity contribution is 6.05. The number of nitrogens with zero attached hydrogens (tertiary/aromatic N) is 3. The van der Waals surface area contributed by atoms with Crippen LogP contribution in [0, 0.1) is 12.8 Å². The molecule has 3 rings (SSSR count). The Hall–Kier alpha value is -3.05. The number of aryl methyl sites for hydroxylation is 1. The second kappa shape index (κ2) is 7.65. The van der Waals surface area contributed by atoms with Gasteiger partial charge in [-0.3, -0.25) is 19.3 Å². The molecule has 7 nitrogen and oxygen atoms in total. The summed E-state index contributed by atoms with van der Waals surface area (Å²) >= 11 is 0. The molecule has 0 saturated heterocycles. The van der Waals surface area contributed by atoms with Gasteiger partial charge in [-0.25, -0.2) is 8.78 Å². The molecular formula is C18H18F5N5O2. The number of rotatable bonds is 5. The first-order chi connectivity index (χ1) is 13.9. The maximum absolute atomic E-state index is 13.6. The highest BCUT2D eigenvalue weighted by Gasteiger charge is 2.43. The first-order valence-electron chi connectivity index (χ1n) is 8.97. The fourth-order valence-corrected chi connectivity index (χ4v) is 3.56. The molecule has 3 N–H and O–H groups in total. The van der Waals surface area contributed by atoms with Crippen LogP contribution in [0.15, 0.2) is 18.3 Å². The minimum Gasteiger partial charge on any atom is -0.364 e. The molecule has 1 atom stereocenters. The van der Waals surface area contributed by atoms with E-state index in [1.807, 2.05) is 0 Å². The highest BCUT2D eigenvalue weighted by Crippen LogP contribution is 2.41. The number of nitrogens with one attached hydrogen (secondary N) is 1. The van der Waals surface area contributed by atoms with Crippen LogP contribution in [0.25, 0.3) is 0 Å². The first-order valence-corrected chi connectivity index (χ1v) is 8.97. The van der Waals surface area contributed by atoms with E-state index in [0.29, 0.717) is 0 Å². The molecule has 0 spiro atoms. The number of halogens is 5. The average Bonchev–Trinajstić information content (AvgIpc) is 3.13. The summed E-state index contributed by atoms with van der Waals surface area (Å²) < 4.78 is 68.6. The lowest BCUT2D eigenvalue weighted by Crippen LogP contribution is -2.24. The topological polar surface area (TPSA) is 103 Å². The van der Waals surface area contributed by atoms with Crippen molar-refractivity contribution in [3.05, 3.63) is 41.0 Å². The quantitative estimate of drug-likeness (QED) is 0.709. The van der Waals surface area contributed by atoms with Crippen LogP contribution in [-0.4, -0.2) is 32.5 Å². The van der Waals surface area contributed by atoms with Gasteiger partial charge in [-0.1, -0.05) is 0 Å². The van der Waals surface area contributed by atoms with E-state index in [4.69, 9.17) is 5.73 Å². The van der Waals surface area contributed by atoms with Crippen molar-refractivity contribution in [1.29, 1.82) is 0 Å². The molecule has 2 aromatic heterocycles. The number of primary amides is 1. The molecule has 2 amide bonds. The molecule has 12 heteroatoms. The molecule has 1 fully saturated rings. The molecule has 0 radical (unpaired) electrons. The second-order valence-electron chi connectivity index (χ2n) is 7.20. The minimum atomic E-state index is -4.88. The molecule has 1 unspecified atom stereocenters. The Morgan fingerprint density at radius 2 is 2.07 bits per heavy atom. The summed E-state index contributed by atoms with van der Waals surface area (Å²) in [7, 11) is 0. The van der Waals surface area contributed by atoms with Crippen LogP contribution in [0.1, 0.15) is 51.5 Å². The number of nitrogens with two attached hydrogens (primary N) is 1. The van der Waals surface area contributed by atoms with E-state index in [1.54, 1.807) is 0 Å². The molecule has 30 heavy (non-hydrogen) atoms. The number of carbonyl (C=O) groups excluding carboxylic acids is 2. The van der Waals surface area contributed by atoms with Crippen molar-refractivity contribution in [3.63, 3.8) is 0 Å². The normalized spacial score (nSPS) is 18.4. The van der Waals surface area contributed by atoms with Crippen molar-refractivity contribution in [3.8, 4) is 0 Å². The van der Waals surface area contributed by atoms with Gasteiger partial charge in [-0.15, -0.1) is 0 Å². The van der Waals surface area contributed by atoms with E-state index in [0.717, 1.165) is 23.9 Å². The fraction of sp³-hybridized carbons (Fsp3) is 0.444. The molecule has 162 valence electrons. The number of amides is 2. The van der Waals surface area contributed by atoms with Crippen LogP contribution < -0.4 is 11.1 Å². The highest BCUT2D eigenvalue weighted by atomic mass is 19.4. The van der Waals surface area contributed by atoms with Crippen molar-refractivity contribution in [2.45, 2.75) is 44.8 Å². The van der Waals surface area contributed by atoms with Crippen LogP contribution in [0.3, 0.4) is 0 Å². The van der Waals surface area contributed by atoms with Crippen LogP contribution in [-0.2, 0) is 12.7 Å². The van der Waals surface area contributed by atoms with Gasteiger partial charge in [0.1, 0.15) is 17.0 Å². The van der Waals surface area contributed by atoms with Crippen molar-refractivity contribution < 1.29 is 31.5 Å². The van der Waals surface area contributed by atoms with Gasteiger partial charge in [0.05, 0.1) is 5.69 Å². The van der Waals surface area contributed by atoms with Crippen LogP contribution in [0.5, 0.6) is 0 Å². The molecule has 1 saturated carbocycles. The molecule has 2 aromatic rings. The SMILES string of the molecule is Cc1nn(CC2CCC(F)(F)C2)c(C(=O)Nc2ccnc(C(N)=O)c2)c1C(F)(F)F. The lowest BCUT2D eigenvalue weighted by molar-refractivity contribution is -0.138. The zero-order valence-electron chi connectivity index (χ0n) is 15.8. The van der Waals surface area contributed by atoms with Crippen molar-refractivity contribution in [2.24, 2.45) is 11.7 Å². The summed E-state index contributed by atoms with van der Waals surface area (Å²) in [5.74, 6) is -5.53. The third-order valence-electron chi connectivity index (χ3n) is 4.83. The summed E-state index contributed by atoms with van der Waals surface area (Å²) in [4.78, 5) is 27.6. The molecule has 1 aliphatic carbocycles. The van der Waals surface area contributed by atoms with E-state index >= 15 is 0 Å². The fourth-order valence-electron chi connectivity index (χ4n) is 3.56. The van der Waals surface area contributed by atoms with Crippen LogP contribution >= 0.6 is 0 Å². The Labute approximate surface area is 167 Å². The zero-order chi connectivity index (χ0) is 22.3. The van der Waals surface area contributed by atoms with E-state index in [2.05, 4.69) is 15.4 Å².